The average molecular weight is 620 g/mol. The number of aliphatic hydroxyl groups excluding tert-OH is 1. The highest BCUT2D eigenvalue weighted by atomic mass is 32.2. The van der Waals surface area contributed by atoms with Crippen molar-refractivity contribution in [3.05, 3.63) is 100 Å². The molecule has 1 aliphatic heterocycles. The van der Waals surface area contributed by atoms with Crippen LogP contribution in [-0.2, 0) is 32.2 Å². The summed E-state index contributed by atoms with van der Waals surface area (Å²) in [6, 6.07) is 23.8. The number of carbonyl (C=O) groups is 2. The molecule has 0 radical (unpaired) electrons. The Bertz CT molecular complexity index is 1540. The number of carbonyl (C=O) groups excluding carboxylic acids is 1. The predicted octanol–water partition coefficient (Wildman–Crippen LogP) is 5.82. The number of nitrogens with one attached hydrogen (secondary N) is 1. The van der Waals surface area contributed by atoms with E-state index in [9.17, 15) is 14.7 Å². The minimum Gasteiger partial charge on any atom is -0.481 e. The van der Waals surface area contributed by atoms with Gasteiger partial charge in [-0.3, -0.25) is 9.59 Å². The van der Waals surface area contributed by atoms with Crippen LogP contribution < -0.4 is 5.32 Å². The summed E-state index contributed by atoms with van der Waals surface area (Å²) >= 11 is 3.20. The first kappa shape index (κ1) is 30.8. The number of rotatable bonds is 12. The molecule has 3 atom stereocenters. The number of carboxylic acid groups (broad SMARTS) is 1. The first-order valence-electron chi connectivity index (χ1n) is 14.0. The molecule has 3 unspecified atom stereocenters. The number of aliphatic carboxylic acids is 1. The molecule has 3 aromatic carbocycles. The third kappa shape index (κ3) is 8.71. The van der Waals surface area contributed by atoms with Gasteiger partial charge >= 0.3 is 5.97 Å². The Morgan fingerprint density at radius 2 is 1.72 bits per heavy atom. The minimum absolute atomic E-state index is 0.0108. The SMILES string of the molecule is Cc1nnc(SCC2CC(c3ccc(CO)cc3)OC(c3cccc(-c4cccc(CNC(=O)CCC(=O)O)c4)c3)O2)s1. The lowest BCUT2D eigenvalue weighted by atomic mass is 9.99. The summed E-state index contributed by atoms with van der Waals surface area (Å²) in [5.41, 5.74) is 5.64. The van der Waals surface area contributed by atoms with Gasteiger partial charge in [0.2, 0.25) is 5.91 Å². The van der Waals surface area contributed by atoms with Gasteiger partial charge in [0.1, 0.15) is 5.01 Å². The van der Waals surface area contributed by atoms with Crippen molar-refractivity contribution in [3.63, 3.8) is 0 Å². The molecule has 0 spiro atoms. The second-order valence-electron chi connectivity index (χ2n) is 10.2. The second kappa shape index (κ2) is 14.7. The van der Waals surface area contributed by atoms with Crippen LogP contribution in [0, 0.1) is 6.92 Å². The molecule has 3 N–H and O–H groups in total. The van der Waals surface area contributed by atoms with Gasteiger partial charge in [-0.1, -0.05) is 83.8 Å². The summed E-state index contributed by atoms with van der Waals surface area (Å²) in [4.78, 5) is 22.7. The van der Waals surface area contributed by atoms with E-state index in [2.05, 4.69) is 21.6 Å². The van der Waals surface area contributed by atoms with Crippen molar-refractivity contribution in [2.24, 2.45) is 0 Å². The van der Waals surface area contributed by atoms with Gasteiger partial charge in [0, 0.05) is 30.7 Å². The quantitative estimate of drug-likeness (QED) is 0.168. The molecule has 0 aliphatic carbocycles. The number of hydrogen-bond acceptors (Lipinski definition) is 9. The van der Waals surface area contributed by atoms with E-state index in [0.29, 0.717) is 18.7 Å². The lowest BCUT2D eigenvalue weighted by molar-refractivity contribution is -0.245. The van der Waals surface area contributed by atoms with Gasteiger partial charge in [-0.25, -0.2) is 0 Å². The summed E-state index contributed by atoms with van der Waals surface area (Å²) in [6.07, 6.45) is -0.433. The normalized spacial score (nSPS) is 18.3. The number of amides is 1. The van der Waals surface area contributed by atoms with Crippen LogP contribution in [0.15, 0.2) is 77.1 Å². The monoisotopic (exact) mass is 619 g/mol. The molecule has 43 heavy (non-hydrogen) atoms. The molecule has 1 saturated heterocycles. The first-order chi connectivity index (χ1) is 20.9. The van der Waals surface area contributed by atoms with Crippen LogP contribution in [0.25, 0.3) is 11.1 Å². The van der Waals surface area contributed by atoms with Crippen LogP contribution in [0.5, 0.6) is 0 Å². The first-order valence-corrected chi connectivity index (χ1v) is 15.8. The number of aryl methyl sites for hydroxylation is 1. The van der Waals surface area contributed by atoms with Gasteiger partial charge in [-0.15, -0.1) is 10.2 Å². The van der Waals surface area contributed by atoms with Crippen molar-refractivity contribution >= 4 is 35.0 Å². The number of thioether (sulfide) groups is 1. The van der Waals surface area contributed by atoms with Gasteiger partial charge in [-0.05, 0) is 46.9 Å². The summed E-state index contributed by atoms with van der Waals surface area (Å²) < 4.78 is 13.9. The van der Waals surface area contributed by atoms with Crippen LogP contribution >= 0.6 is 23.1 Å². The highest BCUT2D eigenvalue weighted by Gasteiger charge is 2.32. The van der Waals surface area contributed by atoms with Crippen LogP contribution in [0.1, 0.15) is 58.9 Å². The molecular formula is C32H33N3O6S2. The topological polar surface area (TPSA) is 131 Å². The van der Waals surface area contributed by atoms with E-state index in [1.54, 1.807) is 23.1 Å². The van der Waals surface area contributed by atoms with Crippen LogP contribution in [0.3, 0.4) is 0 Å². The molecule has 1 fully saturated rings. The largest absolute Gasteiger partial charge is 0.481 e. The second-order valence-corrected chi connectivity index (χ2v) is 12.7. The van der Waals surface area contributed by atoms with Crippen LogP contribution in [0.2, 0.25) is 0 Å². The van der Waals surface area contributed by atoms with E-state index in [1.807, 2.05) is 73.7 Å². The standard InChI is InChI=1S/C32H33N3O6S2/c1-20-34-35-32(43-20)42-19-27-16-28(23-10-8-21(18-36)9-11-23)41-31(40-27)26-7-3-6-25(15-26)24-5-2-4-22(14-24)17-33-29(37)12-13-30(38)39/h2-11,14-15,27-28,31,36H,12-13,16-19H2,1H3,(H,33,37)(H,38,39). The molecule has 5 rings (SSSR count). The lowest BCUT2D eigenvalue weighted by Crippen LogP contribution is -2.31. The number of carboxylic acids is 1. The zero-order chi connectivity index (χ0) is 30.2. The molecular weight excluding hydrogens is 587 g/mol. The van der Waals surface area contributed by atoms with Crippen molar-refractivity contribution in [2.45, 2.75) is 62.2 Å². The fourth-order valence-corrected chi connectivity index (χ4v) is 6.62. The van der Waals surface area contributed by atoms with Crippen molar-refractivity contribution in [1.82, 2.24) is 15.5 Å². The number of aliphatic hydroxyl groups is 1. The maximum atomic E-state index is 12.0. The molecule has 9 nitrogen and oxygen atoms in total. The predicted molar refractivity (Wildman–Crippen MR) is 164 cm³/mol. The highest BCUT2D eigenvalue weighted by Crippen LogP contribution is 2.40. The Morgan fingerprint density at radius 1 is 0.953 bits per heavy atom. The zero-order valence-electron chi connectivity index (χ0n) is 23.6. The number of aromatic nitrogens is 2. The maximum absolute atomic E-state index is 12.0. The van der Waals surface area contributed by atoms with E-state index in [0.717, 1.165) is 42.7 Å². The molecule has 224 valence electrons. The van der Waals surface area contributed by atoms with Crippen molar-refractivity contribution in [1.29, 1.82) is 0 Å². The Labute approximate surface area is 258 Å². The third-order valence-corrected chi connectivity index (χ3v) is 9.09. The Kier molecular flexibility index (Phi) is 10.6. The van der Waals surface area contributed by atoms with E-state index in [-0.39, 0.29) is 37.6 Å². The number of hydrogen-bond donors (Lipinski definition) is 3. The molecule has 1 aliphatic rings. The third-order valence-electron chi connectivity index (χ3n) is 6.99. The van der Waals surface area contributed by atoms with Gasteiger partial charge in [-0.2, -0.15) is 0 Å². The van der Waals surface area contributed by atoms with Crippen LogP contribution in [-0.4, -0.2) is 44.1 Å². The van der Waals surface area contributed by atoms with Gasteiger partial charge < -0.3 is 25.0 Å². The lowest BCUT2D eigenvalue weighted by Gasteiger charge is -2.36. The highest BCUT2D eigenvalue weighted by molar-refractivity contribution is 8.01. The molecule has 11 heteroatoms. The Balaban J connectivity index is 1.32. The van der Waals surface area contributed by atoms with Gasteiger partial charge in [0.25, 0.3) is 0 Å². The van der Waals surface area contributed by atoms with Gasteiger partial charge in [0.15, 0.2) is 10.6 Å². The molecule has 1 amide bonds. The molecule has 1 aromatic heterocycles. The van der Waals surface area contributed by atoms with E-state index in [4.69, 9.17) is 14.6 Å². The number of benzene rings is 3. The Morgan fingerprint density at radius 3 is 2.44 bits per heavy atom. The molecule has 2 heterocycles. The number of nitrogens with zero attached hydrogens (tertiary/aromatic N) is 2. The smallest absolute Gasteiger partial charge is 0.303 e. The van der Waals surface area contributed by atoms with Gasteiger partial charge in [0.05, 0.1) is 25.2 Å². The maximum Gasteiger partial charge on any atom is 0.303 e. The van der Waals surface area contributed by atoms with Crippen molar-refractivity contribution in [3.8, 4) is 11.1 Å². The fraction of sp³-hybridized carbons (Fsp3) is 0.312. The van der Waals surface area contributed by atoms with E-state index in [1.165, 1.54) is 0 Å². The zero-order valence-corrected chi connectivity index (χ0v) is 25.3. The molecule has 0 saturated carbocycles. The van der Waals surface area contributed by atoms with Crippen molar-refractivity contribution < 1.29 is 29.3 Å². The number of ether oxygens (including phenoxy) is 2. The minimum atomic E-state index is -0.995. The van der Waals surface area contributed by atoms with Crippen molar-refractivity contribution in [2.75, 3.05) is 5.75 Å². The van der Waals surface area contributed by atoms with E-state index >= 15 is 0 Å². The van der Waals surface area contributed by atoms with Crippen LogP contribution in [0.4, 0.5) is 0 Å². The van der Waals surface area contributed by atoms with E-state index < -0.39 is 12.3 Å². The molecule has 4 aromatic rings. The summed E-state index contributed by atoms with van der Waals surface area (Å²) in [7, 11) is 0. The average Bonchev–Trinajstić information content (AvgIpc) is 3.46. The summed E-state index contributed by atoms with van der Waals surface area (Å²) in [5, 5.41) is 30.4. The fourth-order valence-electron chi connectivity index (χ4n) is 4.76. The Hall–Kier alpha value is -3.61. The summed E-state index contributed by atoms with van der Waals surface area (Å²) in [5.74, 6) is -0.582. The molecule has 0 bridgehead atoms. The summed E-state index contributed by atoms with van der Waals surface area (Å²) in [6.45, 7) is 2.24.